The van der Waals surface area contributed by atoms with Gasteiger partial charge in [0.2, 0.25) is 12.4 Å². The second-order valence-corrected chi connectivity index (χ2v) is 10.1. The Labute approximate surface area is 205 Å². The summed E-state index contributed by atoms with van der Waals surface area (Å²) in [6.07, 6.45) is -1.71. The lowest BCUT2D eigenvalue weighted by atomic mass is 10.1. The third kappa shape index (κ3) is 4.80. The topological polar surface area (TPSA) is 125 Å². The molecule has 0 radical (unpaired) electrons. The summed E-state index contributed by atoms with van der Waals surface area (Å²) in [7, 11) is 1.59. The highest BCUT2D eigenvalue weighted by Gasteiger charge is 2.46. The molecule has 9 nitrogen and oxygen atoms in total. The number of pyridine rings is 1. The van der Waals surface area contributed by atoms with E-state index in [1.54, 1.807) is 13.3 Å². The van der Waals surface area contributed by atoms with Gasteiger partial charge < -0.3 is 25.6 Å². The molecule has 0 bridgehead atoms. The number of halogens is 2. The number of ether oxygens (including phenoxy) is 1. The molecule has 1 unspecified atom stereocenters. The first-order chi connectivity index (χ1) is 16.9. The average Bonchev–Trinajstić information content (AvgIpc) is 3.52. The number of aryl methyl sites for hydroxylation is 1. The van der Waals surface area contributed by atoms with Crippen molar-refractivity contribution in [3.05, 3.63) is 23.7 Å². The first-order valence-electron chi connectivity index (χ1n) is 11.7. The minimum Gasteiger partial charge on any atom is -0.390 e. The van der Waals surface area contributed by atoms with Gasteiger partial charge in [-0.25, -0.2) is 18.7 Å². The van der Waals surface area contributed by atoms with Crippen LogP contribution in [0.4, 0.5) is 20.5 Å². The molecule has 12 heteroatoms. The zero-order chi connectivity index (χ0) is 24.7. The summed E-state index contributed by atoms with van der Waals surface area (Å²) in [6, 6.07) is 1.12. The maximum atomic E-state index is 13.4. The SMILES string of the molecule is COCCNc1nc(C)c(-c2nc3c(C4CC4)nccc3s2)c(NC2C[C@H](C(F)F)[C@@H](O)[C@H]2O)n1. The Morgan fingerprint density at radius 3 is 2.69 bits per heavy atom. The normalized spacial score (nSPS) is 24.4. The molecule has 2 aliphatic carbocycles. The van der Waals surface area contributed by atoms with Gasteiger partial charge in [-0.05, 0) is 32.3 Å². The average molecular weight is 507 g/mol. The van der Waals surface area contributed by atoms with Gasteiger partial charge in [0, 0.05) is 25.8 Å². The van der Waals surface area contributed by atoms with Gasteiger partial charge in [0.05, 0.1) is 46.3 Å². The van der Waals surface area contributed by atoms with Crippen molar-refractivity contribution in [1.29, 1.82) is 0 Å². The monoisotopic (exact) mass is 506 g/mol. The standard InChI is InChI=1S/C23H28F2N6O3S/c1-10-15(22-30-17-14(35-22)5-6-26-16(17)11-3-4-11)21(31-23(28-10)27-7-8-34-2)29-13-9-12(20(24)25)18(32)19(13)33/h5-6,11-13,18-20,32-33H,3-4,7-9H2,1-2H3,(H2,27,28,29,31)/t12-,13?,18+,19-/m0/s1. The molecule has 2 fully saturated rings. The van der Waals surface area contributed by atoms with Crippen molar-refractivity contribution in [1.82, 2.24) is 19.9 Å². The number of aliphatic hydroxyl groups excluding tert-OH is 2. The highest BCUT2D eigenvalue weighted by molar-refractivity contribution is 7.21. The number of aromatic nitrogens is 4. The summed E-state index contributed by atoms with van der Waals surface area (Å²) in [5.41, 5.74) is 3.12. The largest absolute Gasteiger partial charge is 0.390 e. The van der Waals surface area contributed by atoms with Crippen LogP contribution in [0.1, 0.15) is 36.6 Å². The van der Waals surface area contributed by atoms with Gasteiger partial charge in [-0.15, -0.1) is 11.3 Å². The Morgan fingerprint density at radius 2 is 2.00 bits per heavy atom. The summed E-state index contributed by atoms with van der Waals surface area (Å²) >= 11 is 1.49. The van der Waals surface area contributed by atoms with E-state index in [4.69, 9.17) is 9.72 Å². The van der Waals surface area contributed by atoms with E-state index in [-0.39, 0.29) is 6.42 Å². The maximum absolute atomic E-state index is 13.4. The Kier molecular flexibility index (Phi) is 6.80. The first-order valence-corrected chi connectivity index (χ1v) is 12.5. The summed E-state index contributed by atoms with van der Waals surface area (Å²) < 4.78 is 32.8. The Morgan fingerprint density at radius 1 is 1.20 bits per heavy atom. The molecule has 5 rings (SSSR count). The second kappa shape index (κ2) is 9.84. The van der Waals surface area contributed by atoms with Crippen molar-refractivity contribution in [3.63, 3.8) is 0 Å². The van der Waals surface area contributed by atoms with Crippen molar-refractivity contribution in [3.8, 4) is 10.6 Å². The summed E-state index contributed by atoms with van der Waals surface area (Å²) in [4.78, 5) is 18.6. The molecule has 188 valence electrons. The third-order valence-electron chi connectivity index (χ3n) is 6.57. The predicted octanol–water partition coefficient (Wildman–Crippen LogP) is 3.18. The molecule has 0 aliphatic heterocycles. The number of thiazole rings is 1. The number of methoxy groups -OCH3 is 1. The lowest BCUT2D eigenvalue weighted by Crippen LogP contribution is -2.36. The van der Waals surface area contributed by atoms with Gasteiger partial charge in [0.1, 0.15) is 22.4 Å². The fraction of sp³-hybridized carbons (Fsp3) is 0.565. The lowest BCUT2D eigenvalue weighted by molar-refractivity contribution is -0.0333. The number of anilines is 2. The van der Waals surface area contributed by atoms with Gasteiger partial charge in [-0.1, -0.05) is 0 Å². The van der Waals surface area contributed by atoms with E-state index < -0.39 is 30.6 Å². The van der Waals surface area contributed by atoms with E-state index in [0.717, 1.165) is 28.8 Å². The Hall–Kier alpha value is -2.54. The Bertz CT molecular complexity index is 1210. The zero-order valence-electron chi connectivity index (χ0n) is 19.4. The minimum atomic E-state index is -2.73. The molecule has 3 aromatic rings. The van der Waals surface area contributed by atoms with Crippen LogP contribution in [0.2, 0.25) is 0 Å². The van der Waals surface area contributed by atoms with Crippen LogP contribution in [-0.4, -0.2) is 75.1 Å². The minimum absolute atomic E-state index is 0.0927. The number of nitrogens with one attached hydrogen (secondary N) is 2. The molecule has 0 amide bonds. The second-order valence-electron chi connectivity index (χ2n) is 9.08. The number of alkyl halides is 2. The van der Waals surface area contributed by atoms with Crippen LogP contribution in [0.15, 0.2) is 12.3 Å². The van der Waals surface area contributed by atoms with Crippen molar-refractivity contribution in [2.24, 2.45) is 5.92 Å². The van der Waals surface area contributed by atoms with Crippen molar-refractivity contribution in [2.75, 3.05) is 30.9 Å². The van der Waals surface area contributed by atoms with Crippen LogP contribution in [0.5, 0.6) is 0 Å². The predicted molar refractivity (Wildman–Crippen MR) is 129 cm³/mol. The van der Waals surface area contributed by atoms with Crippen molar-refractivity contribution in [2.45, 2.75) is 56.8 Å². The van der Waals surface area contributed by atoms with Crippen LogP contribution >= 0.6 is 11.3 Å². The molecule has 3 heterocycles. The smallest absolute Gasteiger partial charge is 0.244 e. The fourth-order valence-corrected chi connectivity index (χ4v) is 5.62. The molecular formula is C23H28F2N6O3S. The molecule has 35 heavy (non-hydrogen) atoms. The van der Waals surface area contributed by atoms with Crippen LogP contribution in [0, 0.1) is 12.8 Å². The highest BCUT2D eigenvalue weighted by Crippen LogP contribution is 2.44. The van der Waals surface area contributed by atoms with Crippen LogP contribution < -0.4 is 10.6 Å². The maximum Gasteiger partial charge on any atom is 0.244 e. The van der Waals surface area contributed by atoms with E-state index in [1.165, 1.54) is 11.3 Å². The number of aliphatic hydroxyl groups is 2. The molecule has 3 aromatic heterocycles. The van der Waals surface area contributed by atoms with Crippen LogP contribution in [-0.2, 0) is 4.74 Å². The molecular weight excluding hydrogens is 478 g/mol. The number of hydrogen-bond acceptors (Lipinski definition) is 10. The molecule has 4 atom stereocenters. The van der Waals surface area contributed by atoms with Crippen molar-refractivity contribution < 1.29 is 23.7 Å². The summed E-state index contributed by atoms with van der Waals surface area (Å²) in [5.74, 6) is -0.186. The zero-order valence-corrected chi connectivity index (χ0v) is 20.2. The molecule has 4 N–H and O–H groups in total. The first kappa shape index (κ1) is 24.2. The van der Waals surface area contributed by atoms with E-state index in [0.29, 0.717) is 47.1 Å². The van der Waals surface area contributed by atoms with Gasteiger partial charge in [-0.2, -0.15) is 4.98 Å². The summed E-state index contributed by atoms with van der Waals surface area (Å²) in [5, 5.41) is 27.5. The number of rotatable bonds is 9. The van der Waals surface area contributed by atoms with Gasteiger partial charge in [-0.3, -0.25) is 4.98 Å². The molecule has 2 saturated carbocycles. The van der Waals surface area contributed by atoms with Gasteiger partial charge >= 0.3 is 0 Å². The van der Waals surface area contributed by atoms with Gasteiger partial charge in [0.25, 0.3) is 0 Å². The van der Waals surface area contributed by atoms with Gasteiger partial charge in [0.15, 0.2) is 0 Å². The lowest BCUT2D eigenvalue weighted by Gasteiger charge is -2.21. The van der Waals surface area contributed by atoms with Crippen molar-refractivity contribution >= 4 is 33.3 Å². The van der Waals surface area contributed by atoms with E-state index in [2.05, 4.69) is 25.6 Å². The van der Waals surface area contributed by atoms with Crippen LogP contribution in [0.25, 0.3) is 20.8 Å². The molecule has 0 spiro atoms. The van der Waals surface area contributed by atoms with E-state index in [9.17, 15) is 19.0 Å². The van der Waals surface area contributed by atoms with E-state index in [1.807, 2.05) is 13.0 Å². The summed E-state index contributed by atoms with van der Waals surface area (Å²) in [6.45, 7) is 2.76. The highest BCUT2D eigenvalue weighted by atomic mass is 32.1. The molecule has 0 aromatic carbocycles. The van der Waals surface area contributed by atoms with E-state index >= 15 is 0 Å². The molecule has 2 aliphatic rings. The number of hydrogen-bond donors (Lipinski definition) is 4. The quantitative estimate of drug-likeness (QED) is 0.324. The Balaban J connectivity index is 1.54. The third-order valence-corrected chi connectivity index (χ3v) is 7.60. The number of nitrogens with zero attached hydrogens (tertiary/aromatic N) is 4. The fourth-order valence-electron chi connectivity index (χ4n) is 4.55. The molecule has 0 saturated heterocycles. The number of fused-ring (bicyclic) bond motifs is 1. The van der Waals surface area contributed by atoms with Crippen LogP contribution in [0.3, 0.4) is 0 Å².